The number of hydrogen-bond donors (Lipinski definition) is 0. The van der Waals surface area contributed by atoms with E-state index < -0.39 is 0 Å². The highest BCUT2D eigenvalue weighted by atomic mass is 16.1. The van der Waals surface area contributed by atoms with Crippen LogP contribution in [0.25, 0.3) is 0 Å². The third-order valence-electron chi connectivity index (χ3n) is 4.48. The highest BCUT2D eigenvalue weighted by Gasteiger charge is 2.07. The molecule has 0 aromatic heterocycles. The molecule has 0 saturated heterocycles. The van der Waals surface area contributed by atoms with Crippen molar-refractivity contribution in [3.05, 3.63) is 82.9 Å². The lowest BCUT2D eigenvalue weighted by atomic mass is 9.98. The number of carbonyl (C=O) groups excluding carboxylic acids is 1. The number of fused-ring (bicyclic) bond motifs is 4. The fourth-order valence-corrected chi connectivity index (χ4v) is 3.17. The van der Waals surface area contributed by atoms with Gasteiger partial charge >= 0.3 is 0 Å². The molecule has 23 heavy (non-hydrogen) atoms. The van der Waals surface area contributed by atoms with Gasteiger partial charge in [-0.2, -0.15) is 0 Å². The first-order valence-electron chi connectivity index (χ1n) is 8.66. The lowest BCUT2D eigenvalue weighted by Crippen LogP contribution is -2.01. The number of hydrogen-bond acceptors (Lipinski definition) is 1. The molecule has 0 N–H and O–H groups in total. The minimum Gasteiger partial charge on any atom is -0.294 e. The van der Waals surface area contributed by atoms with Crippen molar-refractivity contribution in [2.45, 2.75) is 44.9 Å². The molecule has 4 bridgehead atoms. The third-order valence-corrected chi connectivity index (χ3v) is 4.48. The molecule has 3 rings (SSSR count). The zero-order chi connectivity index (χ0) is 15.9. The molecule has 118 valence electrons. The molecular formula is C22H24O. The van der Waals surface area contributed by atoms with Crippen molar-refractivity contribution in [2.24, 2.45) is 0 Å². The van der Waals surface area contributed by atoms with Crippen LogP contribution in [0.5, 0.6) is 0 Å². The second-order valence-electron chi connectivity index (χ2n) is 6.35. The van der Waals surface area contributed by atoms with Gasteiger partial charge in [0, 0.05) is 12.0 Å². The number of rotatable bonds is 0. The normalized spacial score (nSPS) is 17.7. The Labute approximate surface area is 139 Å². The van der Waals surface area contributed by atoms with Crippen molar-refractivity contribution >= 4 is 5.78 Å². The first kappa shape index (κ1) is 15.7. The number of carbonyl (C=O) groups is 1. The van der Waals surface area contributed by atoms with Crippen LogP contribution in [0.1, 0.15) is 52.7 Å². The summed E-state index contributed by atoms with van der Waals surface area (Å²) >= 11 is 0. The van der Waals surface area contributed by atoms with Crippen LogP contribution in [-0.4, -0.2) is 5.78 Å². The van der Waals surface area contributed by atoms with E-state index in [2.05, 4.69) is 48.6 Å². The predicted molar refractivity (Wildman–Crippen MR) is 95.9 cm³/mol. The molecule has 0 amide bonds. The van der Waals surface area contributed by atoms with Crippen LogP contribution >= 0.6 is 0 Å². The van der Waals surface area contributed by atoms with Gasteiger partial charge in [0.05, 0.1) is 0 Å². The maximum Gasteiger partial charge on any atom is 0.162 e. The van der Waals surface area contributed by atoms with Crippen molar-refractivity contribution in [1.82, 2.24) is 0 Å². The van der Waals surface area contributed by atoms with Gasteiger partial charge in [0.1, 0.15) is 0 Å². The predicted octanol–water partition coefficient (Wildman–Crippen LogP) is 5.33. The lowest BCUT2D eigenvalue weighted by molar-refractivity contribution is 0.0980. The molecule has 0 saturated carbocycles. The van der Waals surface area contributed by atoms with Crippen molar-refractivity contribution in [3.8, 4) is 0 Å². The molecule has 1 heteroatoms. The summed E-state index contributed by atoms with van der Waals surface area (Å²) < 4.78 is 0. The highest BCUT2D eigenvalue weighted by Crippen LogP contribution is 2.15. The molecule has 0 spiro atoms. The molecule has 0 radical (unpaired) electrons. The Morgan fingerprint density at radius 3 is 2.00 bits per heavy atom. The van der Waals surface area contributed by atoms with Gasteiger partial charge in [-0.3, -0.25) is 4.79 Å². The molecule has 1 aliphatic carbocycles. The second-order valence-corrected chi connectivity index (χ2v) is 6.35. The van der Waals surface area contributed by atoms with Gasteiger partial charge in [0.2, 0.25) is 0 Å². The molecule has 2 aromatic rings. The number of aryl methyl sites for hydroxylation is 3. The molecular weight excluding hydrogens is 280 g/mol. The van der Waals surface area contributed by atoms with Crippen LogP contribution in [0.3, 0.4) is 0 Å². The Morgan fingerprint density at radius 1 is 0.652 bits per heavy atom. The monoisotopic (exact) mass is 304 g/mol. The van der Waals surface area contributed by atoms with Crippen LogP contribution < -0.4 is 0 Å². The summed E-state index contributed by atoms with van der Waals surface area (Å²) in [6.07, 6.45) is 11.3. The van der Waals surface area contributed by atoms with E-state index in [9.17, 15) is 4.79 Å². The Balaban J connectivity index is 1.78. The van der Waals surface area contributed by atoms with Crippen LogP contribution in [0.15, 0.2) is 60.7 Å². The van der Waals surface area contributed by atoms with E-state index in [0.29, 0.717) is 6.42 Å². The minimum atomic E-state index is 0.269. The van der Waals surface area contributed by atoms with Crippen molar-refractivity contribution in [2.75, 3.05) is 0 Å². The molecule has 0 fully saturated rings. The van der Waals surface area contributed by atoms with Crippen molar-refractivity contribution in [3.63, 3.8) is 0 Å². The fraction of sp³-hybridized carbons (Fsp3) is 0.318. The lowest BCUT2D eigenvalue weighted by Gasteiger charge is -2.07. The van der Waals surface area contributed by atoms with Gasteiger partial charge in [0.15, 0.2) is 5.78 Å². The van der Waals surface area contributed by atoms with Gasteiger partial charge in [-0.25, -0.2) is 0 Å². The quantitative estimate of drug-likeness (QED) is 0.601. The standard InChI is InChI=1S/C22H24O/c23-22-15-7-13-19-11-5-10-18(16-19)8-3-1-2-4-9-20-12-6-14-21(22)17-20/h1-2,5-6,10-12,14,16-17H,3-4,7-9,13,15H2/b2-1-. The van der Waals surface area contributed by atoms with E-state index in [1.54, 1.807) is 0 Å². The summed E-state index contributed by atoms with van der Waals surface area (Å²) in [5, 5.41) is 0. The van der Waals surface area contributed by atoms with Crippen molar-refractivity contribution in [1.29, 1.82) is 0 Å². The average molecular weight is 304 g/mol. The Morgan fingerprint density at radius 2 is 1.26 bits per heavy atom. The van der Waals surface area contributed by atoms with E-state index in [-0.39, 0.29) is 5.78 Å². The van der Waals surface area contributed by atoms with Crippen LogP contribution in [0.2, 0.25) is 0 Å². The van der Waals surface area contributed by atoms with E-state index >= 15 is 0 Å². The van der Waals surface area contributed by atoms with Crippen LogP contribution in [0, 0.1) is 0 Å². The van der Waals surface area contributed by atoms with E-state index in [1.807, 2.05) is 12.1 Å². The van der Waals surface area contributed by atoms with E-state index in [4.69, 9.17) is 0 Å². The first-order chi connectivity index (χ1) is 11.3. The maximum atomic E-state index is 12.4. The Kier molecular flexibility index (Phi) is 5.42. The zero-order valence-corrected chi connectivity index (χ0v) is 13.6. The molecule has 0 aliphatic heterocycles. The number of allylic oxidation sites excluding steroid dienone is 2. The summed E-state index contributed by atoms with van der Waals surface area (Å²) in [5.41, 5.74) is 4.88. The zero-order valence-electron chi connectivity index (χ0n) is 13.6. The highest BCUT2D eigenvalue weighted by molar-refractivity contribution is 5.96. The topological polar surface area (TPSA) is 17.1 Å². The van der Waals surface area contributed by atoms with Crippen LogP contribution in [0.4, 0.5) is 0 Å². The Bertz CT molecular complexity index is 697. The second kappa shape index (κ2) is 7.92. The summed E-state index contributed by atoms with van der Waals surface area (Å²) in [4.78, 5) is 12.4. The molecule has 0 atom stereocenters. The first-order valence-corrected chi connectivity index (χ1v) is 8.66. The fourth-order valence-electron chi connectivity index (χ4n) is 3.17. The minimum absolute atomic E-state index is 0.269. The molecule has 0 heterocycles. The van der Waals surface area contributed by atoms with Gasteiger partial charge in [-0.15, -0.1) is 0 Å². The SMILES string of the molecule is O=C1CCCc2cccc(c2)CC/C=C\CCc2cccc1c2. The molecule has 0 unspecified atom stereocenters. The third kappa shape index (κ3) is 4.66. The smallest absolute Gasteiger partial charge is 0.162 e. The summed E-state index contributed by atoms with van der Waals surface area (Å²) in [6, 6.07) is 17.0. The van der Waals surface area contributed by atoms with E-state index in [1.165, 1.54) is 16.7 Å². The average Bonchev–Trinajstić information content (AvgIpc) is 2.58. The summed E-state index contributed by atoms with van der Waals surface area (Å²) in [7, 11) is 0. The summed E-state index contributed by atoms with van der Waals surface area (Å²) in [6.45, 7) is 0. The number of ketones is 1. The maximum absolute atomic E-state index is 12.4. The Hall–Kier alpha value is -2.15. The van der Waals surface area contributed by atoms with Gasteiger partial charge in [-0.1, -0.05) is 54.6 Å². The summed E-state index contributed by atoms with van der Waals surface area (Å²) in [5.74, 6) is 0.269. The van der Waals surface area contributed by atoms with Gasteiger partial charge < -0.3 is 0 Å². The van der Waals surface area contributed by atoms with Crippen molar-refractivity contribution < 1.29 is 4.79 Å². The molecule has 2 aromatic carbocycles. The number of benzene rings is 2. The number of Topliss-reactive ketones (excluding diaryl/α,β-unsaturated/α-hetero) is 1. The van der Waals surface area contributed by atoms with Gasteiger partial charge in [-0.05, 0) is 61.3 Å². The van der Waals surface area contributed by atoms with Crippen LogP contribution in [-0.2, 0) is 19.3 Å². The van der Waals surface area contributed by atoms with E-state index in [0.717, 1.165) is 44.1 Å². The molecule has 1 aliphatic rings. The molecule has 1 nitrogen and oxygen atoms in total. The van der Waals surface area contributed by atoms with Gasteiger partial charge in [0.25, 0.3) is 0 Å². The largest absolute Gasteiger partial charge is 0.294 e.